The molecule has 4 N–H and O–H groups in total. The van der Waals surface area contributed by atoms with Crippen LogP contribution >= 0.6 is 0 Å². The standard InChI is InChI=1S/C34H48N4O7/c1-25(2)37-34-28-9-5-4-8-27(28)24-38(30-11-7-6-10-29(30)33(34)35)32(41)13-12-31(40)36-15-17-43-19-21-45-23-22-44-20-18-42-16-14-26(3)39/h4-11,25,37H,12-24,35H2,1-3H3,(H,36,40)/b34-33-. The number of fused-ring (bicyclic) bond motifs is 2. The Morgan fingerprint density at radius 3 is 2.00 bits per heavy atom. The van der Waals surface area contributed by atoms with Crippen LogP contribution in [0.15, 0.2) is 48.5 Å². The summed E-state index contributed by atoms with van der Waals surface area (Å²) in [5, 5.41) is 6.31. The Kier molecular flexibility index (Phi) is 15.5. The second kappa shape index (κ2) is 19.6. The highest BCUT2D eigenvalue weighted by atomic mass is 16.6. The molecule has 45 heavy (non-hydrogen) atoms. The van der Waals surface area contributed by atoms with Crippen LogP contribution < -0.4 is 21.3 Å². The highest BCUT2D eigenvalue weighted by Crippen LogP contribution is 2.35. The van der Waals surface area contributed by atoms with E-state index in [2.05, 4.69) is 24.5 Å². The van der Waals surface area contributed by atoms with Crippen LogP contribution in [0, 0.1) is 0 Å². The maximum atomic E-state index is 13.5. The number of para-hydroxylation sites is 1. The van der Waals surface area contributed by atoms with Gasteiger partial charge in [-0.3, -0.25) is 14.4 Å². The van der Waals surface area contributed by atoms with Crippen LogP contribution in [-0.4, -0.2) is 83.0 Å². The van der Waals surface area contributed by atoms with Gasteiger partial charge in [0.15, 0.2) is 0 Å². The van der Waals surface area contributed by atoms with Crippen molar-refractivity contribution in [3.63, 3.8) is 0 Å². The third kappa shape index (κ3) is 12.3. The quantitative estimate of drug-likeness (QED) is 0.189. The molecule has 3 rings (SSSR count). The molecule has 0 atom stereocenters. The summed E-state index contributed by atoms with van der Waals surface area (Å²) >= 11 is 0. The number of benzene rings is 2. The van der Waals surface area contributed by atoms with Crippen molar-refractivity contribution in [2.24, 2.45) is 5.73 Å². The fraction of sp³-hybridized carbons (Fsp3) is 0.500. The first-order chi connectivity index (χ1) is 21.8. The van der Waals surface area contributed by atoms with Crippen LogP contribution in [0.2, 0.25) is 0 Å². The van der Waals surface area contributed by atoms with Gasteiger partial charge in [0, 0.05) is 43.0 Å². The minimum absolute atomic E-state index is 0.0599. The van der Waals surface area contributed by atoms with E-state index in [9.17, 15) is 14.4 Å². The topological polar surface area (TPSA) is 141 Å². The summed E-state index contributed by atoms with van der Waals surface area (Å²) in [6, 6.07) is 15.7. The molecule has 2 amide bonds. The molecule has 0 fully saturated rings. The number of rotatable bonds is 20. The summed E-state index contributed by atoms with van der Waals surface area (Å²) in [6.07, 6.45) is 0.544. The minimum Gasteiger partial charge on any atom is -0.396 e. The van der Waals surface area contributed by atoms with E-state index in [1.165, 1.54) is 6.92 Å². The lowest BCUT2D eigenvalue weighted by molar-refractivity contribution is -0.125. The predicted octanol–water partition coefficient (Wildman–Crippen LogP) is 3.26. The minimum atomic E-state index is -0.214. The van der Waals surface area contributed by atoms with Gasteiger partial charge in [-0.15, -0.1) is 0 Å². The Morgan fingerprint density at radius 2 is 1.36 bits per heavy atom. The van der Waals surface area contributed by atoms with Gasteiger partial charge in [-0.2, -0.15) is 0 Å². The number of carbonyl (C=O) groups excluding carboxylic acids is 3. The summed E-state index contributed by atoms with van der Waals surface area (Å²) in [5.41, 5.74) is 11.6. The fourth-order valence-corrected chi connectivity index (χ4v) is 4.72. The van der Waals surface area contributed by atoms with Gasteiger partial charge in [-0.05, 0) is 32.4 Å². The van der Waals surface area contributed by atoms with Crippen molar-refractivity contribution in [2.75, 3.05) is 64.3 Å². The number of amides is 2. The first-order valence-electron chi connectivity index (χ1n) is 15.6. The van der Waals surface area contributed by atoms with Crippen LogP contribution in [-0.2, 0) is 39.9 Å². The molecule has 0 saturated carbocycles. The van der Waals surface area contributed by atoms with Crippen molar-refractivity contribution < 1.29 is 33.3 Å². The molecule has 0 aromatic heterocycles. The lowest BCUT2D eigenvalue weighted by Gasteiger charge is -2.31. The first-order valence-corrected chi connectivity index (χ1v) is 15.6. The van der Waals surface area contributed by atoms with E-state index in [4.69, 9.17) is 24.7 Å². The van der Waals surface area contributed by atoms with Gasteiger partial charge in [0.25, 0.3) is 0 Å². The normalized spacial score (nSPS) is 14.4. The third-order valence-corrected chi connectivity index (χ3v) is 6.95. The highest BCUT2D eigenvalue weighted by molar-refractivity contribution is 6.01. The summed E-state index contributed by atoms with van der Waals surface area (Å²) in [5.74, 6) is -0.260. The number of nitrogens with two attached hydrogens (primary N) is 1. The number of nitrogens with zero attached hydrogens (tertiary/aromatic N) is 1. The summed E-state index contributed by atoms with van der Waals surface area (Å²) < 4.78 is 21.7. The van der Waals surface area contributed by atoms with Crippen LogP contribution in [0.3, 0.4) is 0 Å². The Balaban J connectivity index is 1.38. The molecule has 1 aliphatic rings. The lowest BCUT2D eigenvalue weighted by Crippen LogP contribution is -2.35. The maximum absolute atomic E-state index is 13.5. The molecule has 2 aromatic rings. The molecule has 1 heterocycles. The van der Waals surface area contributed by atoms with Gasteiger partial charge < -0.3 is 40.2 Å². The molecule has 246 valence electrons. The number of ether oxygens (including phenoxy) is 4. The molecule has 0 aliphatic carbocycles. The van der Waals surface area contributed by atoms with Crippen LogP contribution in [0.25, 0.3) is 11.4 Å². The predicted molar refractivity (Wildman–Crippen MR) is 174 cm³/mol. The Morgan fingerprint density at radius 1 is 0.778 bits per heavy atom. The van der Waals surface area contributed by atoms with E-state index < -0.39 is 0 Å². The first kappa shape index (κ1) is 35.7. The van der Waals surface area contributed by atoms with E-state index in [0.717, 1.165) is 28.1 Å². The molecule has 0 unspecified atom stereocenters. The van der Waals surface area contributed by atoms with E-state index >= 15 is 0 Å². The molecule has 0 spiro atoms. The molecular weight excluding hydrogens is 576 g/mol. The molecular formula is C34H48N4O7. The zero-order valence-electron chi connectivity index (χ0n) is 26.8. The van der Waals surface area contributed by atoms with Crippen molar-refractivity contribution >= 4 is 34.7 Å². The Hall–Kier alpha value is -3.77. The smallest absolute Gasteiger partial charge is 0.227 e. The maximum Gasteiger partial charge on any atom is 0.227 e. The zero-order chi connectivity index (χ0) is 32.4. The van der Waals surface area contributed by atoms with Gasteiger partial charge >= 0.3 is 0 Å². The van der Waals surface area contributed by atoms with Gasteiger partial charge in [0.05, 0.1) is 76.5 Å². The van der Waals surface area contributed by atoms with Crippen molar-refractivity contribution in [3.8, 4) is 0 Å². The molecule has 11 heteroatoms. The van der Waals surface area contributed by atoms with Crippen LogP contribution in [0.4, 0.5) is 5.69 Å². The average molecular weight is 625 g/mol. The third-order valence-electron chi connectivity index (χ3n) is 6.95. The van der Waals surface area contributed by atoms with Gasteiger partial charge in [0.2, 0.25) is 11.8 Å². The molecule has 0 saturated heterocycles. The Bertz CT molecular complexity index is 1280. The van der Waals surface area contributed by atoms with Gasteiger partial charge in [-0.25, -0.2) is 0 Å². The van der Waals surface area contributed by atoms with E-state index in [1.807, 2.05) is 48.5 Å². The number of anilines is 1. The van der Waals surface area contributed by atoms with Gasteiger partial charge in [-0.1, -0.05) is 42.5 Å². The monoisotopic (exact) mass is 624 g/mol. The fourth-order valence-electron chi connectivity index (χ4n) is 4.72. The van der Waals surface area contributed by atoms with Crippen molar-refractivity contribution in [1.82, 2.24) is 10.6 Å². The van der Waals surface area contributed by atoms with Crippen molar-refractivity contribution in [1.29, 1.82) is 0 Å². The van der Waals surface area contributed by atoms with E-state index in [-0.39, 0.29) is 36.5 Å². The summed E-state index contributed by atoms with van der Waals surface area (Å²) in [6.45, 7) is 9.71. The number of nitrogens with one attached hydrogen (secondary N) is 2. The summed E-state index contributed by atoms with van der Waals surface area (Å²) in [7, 11) is 0. The Labute approximate surface area is 266 Å². The van der Waals surface area contributed by atoms with Crippen LogP contribution in [0.1, 0.15) is 56.7 Å². The zero-order valence-corrected chi connectivity index (χ0v) is 26.8. The van der Waals surface area contributed by atoms with E-state index in [0.29, 0.717) is 78.1 Å². The lowest BCUT2D eigenvalue weighted by atomic mass is 9.95. The van der Waals surface area contributed by atoms with Crippen molar-refractivity contribution in [2.45, 2.75) is 52.6 Å². The average Bonchev–Trinajstić information content (AvgIpc) is 3.02. The summed E-state index contributed by atoms with van der Waals surface area (Å²) in [4.78, 5) is 38.6. The van der Waals surface area contributed by atoms with Crippen molar-refractivity contribution in [3.05, 3.63) is 65.2 Å². The second-order valence-corrected chi connectivity index (χ2v) is 11.0. The van der Waals surface area contributed by atoms with E-state index in [1.54, 1.807) is 4.90 Å². The largest absolute Gasteiger partial charge is 0.396 e. The SMILES string of the molecule is CC(=O)CCOCCOCCOCCOCCNC(=O)CCC(=O)N1Cc2ccccc2/C(NC(C)C)=C(/N)c2ccccc21. The molecule has 11 nitrogen and oxygen atoms in total. The molecule has 0 radical (unpaired) electrons. The number of ketones is 1. The number of hydrogen-bond acceptors (Lipinski definition) is 9. The molecule has 2 aromatic carbocycles. The highest BCUT2D eigenvalue weighted by Gasteiger charge is 2.26. The number of Topliss-reactive ketones (excluding diaryl/α,β-unsaturated/α-hetero) is 1. The van der Waals surface area contributed by atoms with Gasteiger partial charge in [0.1, 0.15) is 5.78 Å². The molecule has 1 aliphatic heterocycles. The second-order valence-electron chi connectivity index (χ2n) is 11.0. The number of hydrogen-bond donors (Lipinski definition) is 3. The number of carbonyl (C=O) groups is 3. The van der Waals surface area contributed by atoms with Crippen LogP contribution in [0.5, 0.6) is 0 Å². The molecule has 0 bridgehead atoms.